The lowest BCUT2D eigenvalue weighted by Crippen LogP contribution is -2.26. The van der Waals surface area contributed by atoms with Crippen molar-refractivity contribution in [2.75, 3.05) is 0 Å². The van der Waals surface area contributed by atoms with E-state index in [4.69, 9.17) is 23.2 Å². The Balaban J connectivity index is 2.57. The third-order valence-corrected chi connectivity index (χ3v) is 4.96. The predicted octanol–water partition coefficient (Wildman–Crippen LogP) is 4.83. The molecule has 0 aliphatic heterocycles. The Kier molecular flexibility index (Phi) is 4.45. The molecule has 1 aromatic carbocycles. The molecule has 0 bridgehead atoms. The van der Waals surface area contributed by atoms with Crippen LogP contribution in [0.5, 0.6) is 0 Å². The molecular formula is C15H12Cl2F4O2. The second kappa shape index (κ2) is 5.67. The summed E-state index contributed by atoms with van der Waals surface area (Å²) in [6, 6.07) is 0.0761. The maximum Gasteiger partial charge on any atom is 0.311 e. The quantitative estimate of drug-likeness (QED) is 0.608. The van der Waals surface area contributed by atoms with Crippen molar-refractivity contribution in [3.05, 3.63) is 45.5 Å². The average molecular weight is 371 g/mol. The van der Waals surface area contributed by atoms with Crippen LogP contribution in [0.25, 0.3) is 0 Å². The van der Waals surface area contributed by atoms with Gasteiger partial charge in [-0.2, -0.15) is 0 Å². The summed E-state index contributed by atoms with van der Waals surface area (Å²) in [5.74, 6) is -8.48. The molecule has 0 heterocycles. The molecule has 2 nitrogen and oxygen atoms in total. The molecule has 23 heavy (non-hydrogen) atoms. The van der Waals surface area contributed by atoms with Gasteiger partial charge in [0.15, 0.2) is 23.3 Å². The van der Waals surface area contributed by atoms with E-state index in [2.05, 4.69) is 0 Å². The van der Waals surface area contributed by atoms with Crippen LogP contribution >= 0.6 is 23.2 Å². The summed E-state index contributed by atoms with van der Waals surface area (Å²) in [5, 5.41) is 9.56. The molecule has 1 aromatic rings. The van der Waals surface area contributed by atoms with Gasteiger partial charge in [0.05, 0.1) is 5.41 Å². The van der Waals surface area contributed by atoms with E-state index in [-0.39, 0.29) is 10.6 Å². The fourth-order valence-corrected chi connectivity index (χ4v) is 3.50. The molecule has 0 unspecified atom stereocenters. The van der Waals surface area contributed by atoms with Gasteiger partial charge in [0.25, 0.3) is 0 Å². The molecule has 2 atom stereocenters. The highest BCUT2D eigenvalue weighted by Crippen LogP contribution is 2.71. The Bertz CT molecular complexity index is 688. The number of benzene rings is 1. The molecule has 1 fully saturated rings. The van der Waals surface area contributed by atoms with Crippen molar-refractivity contribution in [3.63, 3.8) is 0 Å². The van der Waals surface area contributed by atoms with Crippen molar-refractivity contribution in [1.29, 1.82) is 0 Å². The maximum atomic E-state index is 13.9. The SMILES string of the molecule is CC1(C)[C@H](C=C(Cl)Cl)[C@@]1(Cc1c(F)c(F)cc(F)c1F)C(=O)O. The smallest absolute Gasteiger partial charge is 0.311 e. The lowest BCUT2D eigenvalue weighted by atomic mass is 9.88. The number of carboxylic acid groups (broad SMARTS) is 1. The number of hydrogen-bond acceptors (Lipinski definition) is 1. The minimum atomic E-state index is -1.68. The van der Waals surface area contributed by atoms with Crippen LogP contribution in [0.1, 0.15) is 19.4 Å². The molecule has 1 aliphatic carbocycles. The maximum absolute atomic E-state index is 13.9. The number of halogens is 6. The summed E-state index contributed by atoms with van der Waals surface area (Å²) in [7, 11) is 0. The normalized spacial score (nSPS) is 25.1. The summed E-state index contributed by atoms with van der Waals surface area (Å²) in [4.78, 5) is 11.7. The van der Waals surface area contributed by atoms with Gasteiger partial charge >= 0.3 is 5.97 Å². The van der Waals surface area contributed by atoms with E-state index in [9.17, 15) is 27.5 Å². The lowest BCUT2D eigenvalue weighted by molar-refractivity contribution is -0.145. The fourth-order valence-electron chi connectivity index (χ4n) is 3.25. The van der Waals surface area contributed by atoms with Crippen molar-refractivity contribution >= 4 is 29.2 Å². The van der Waals surface area contributed by atoms with E-state index in [1.807, 2.05) is 0 Å². The first-order valence-corrected chi connectivity index (χ1v) is 7.30. The van der Waals surface area contributed by atoms with Crippen LogP contribution in [0, 0.1) is 40.0 Å². The Hall–Kier alpha value is -1.27. The Morgan fingerprint density at radius 1 is 1.22 bits per heavy atom. The van der Waals surface area contributed by atoms with Crippen LogP contribution in [0.15, 0.2) is 16.6 Å². The van der Waals surface area contributed by atoms with Gasteiger partial charge in [-0.05, 0) is 17.9 Å². The molecule has 0 radical (unpaired) electrons. The Morgan fingerprint density at radius 3 is 2.09 bits per heavy atom. The van der Waals surface area contributed by atoms with E-state index in [0.29, 0.717) is 0 Å². The highest BCUT2D eigenvalue weighted by Gasteiger charge is 2.74. The monoisotopic (exact) mass is 370 g/mol. The number of carboxylic acids is 1. The zero-order valence-electron chi connectivity index (χ0n) is 12.1. The summed E-state index contributed by atoms with van der Waals surface area (Å²) in [5.41, 5.74) is -3.58. The third-order valence-electron chi connectivity index (χ3n) is 4.71. The van der Waals surface area contributed by atoms with E-state index in [0.717, 1.165) is 0 Å². The third kappa shape index (κ3) is 2.62. The molecule has 0 amide bonds. The highest BCUT2D eigenvalue weighted by molar-refractivity contribution is 6.55. The molecule has 0 saturated heterocycles. The summed E-state index contributed by atoms with van der Waals surface area (Å²) < 4.78 is 54.2. The standard InChI is InChI=1S/C15H12Cl2F4O2/c1-14(2)9(4-10(16)17)15(14,13(22)23)5-6-11(20)7(18)3-8(19)12(6)21/h3-4,9H,5H2,1-2H3,(H,22,23)/t9-,15-/m0/s1. The fraction of sp³-hybridized carbons (Fsp3) is 0.400. The minimum absolute atomic E-state index is 0.0761. The van der Waals surface area contributed by atoms with Gasteiger partial charge in [0, 0.05) is 17.5 Å². The van der Waals surface area contributed by atoms with E-state index < -0.39 is 58.0 Å². The van der Waals surface area contributed by atoms with Crippen LogP contribution in [-0.2, 0) is 11.2 Å². The first-order chi connectivity index (χ1) is 10.5. The molecule has 126 valence electrons. The molecule has 8 heteroatoms. The molecule has 1 N–H and O–H groups in total. The van der Waals surface area contributed by atoms with Crippen molar-refractivity contribution in [1.82, 2.24) is 0 Å². The van der Waals surface area contributed by atoms with E-state index in [1.54, 1.807) is 13.8 Å². The first-order valence-electron chi connectivity index (χ1n) is 6.55. The summed E-state index contributed by atoms with van der Waals surface area (Å²) >= 11 is 11.1. The molecule has 1 aliphatic rings. The number of aliphatic carboxylic acids is 1. The minimum Gasteiger partial charge on any atom is -0.481 e. The lowest BCUT2D eigenvalue weighted by Gasteiger charge is -2.17. The van der Waals surface area contributed by atoms with Crippen LogP contribution in [-0.4, -0.2) is 11.1 Å². The average Bonchev–Trinajstić information content (AvgIpc) is 2.88. The zero-order valence-corrected chi connectivity index (χ0v) is 13.6. The zero-order chi connectivity index (χ0) is 17.7. The molecule has 0 spiro atoms. The van der Waals surface area contributed by atoms with E-state index in [1.165, 1.54) is 6.08 Å². The van der Waals surface area contributed by atoms with Crippen LogP contribution in [0.3, 0.4) is 0 Å². The van der Waals surface area contributed by atoms with E-state index >= 15 is 0 Å². The van der Waals surface area contributed by atoms with Crippen molar-refractivity contribution in [3.8, 4) is 0 Å². The van der Waals surface area contributed by atoms with Gasteiger partial charge in [-0.3, -0.25) is 4.79 Å². The molecular weight excluding hydrogens is 359 g/mol. The second-order valence-electron chi connectivity index (χ2n) is 6.06. The molecule has 1 saturated carbocycles. The number of rotatable bonds is 4. The largest absolute Gasteiger partial charge is 0.481 e. The summed E-state index contributed by atoms with van der Waals surface area (Å²) in [6.45, 7) is 3.09. The number of allylic oxidation sites excluding steroid dienone is 1. The number of hydrogen-bond donors (Lipinski definition) is 1. The van der Waals surface area contributed by atoms with Gasteiger partial charge in [0.2, 0.25) is 0 Å². The molecule has 2 rings (SSSR count). The van der Waals surface area contributed by atoms with Crippen LogP contribution in [0.4, 0.5) is 17.6 Å². The Labute approximate surface area is 139 Å². The van der Waals surface area contributed by atoms with Crippen molar-refractivity contribution in [2.24, 2.45) is 16.7 Å². The highest BCUT2D eigenvalue weighted by atomic mass is 35.5. The second-order valence-corrected chi connectivity index (χ2v) is 7.06. The first kappa shape index (κ1) is 18.1. The van der Waals surface area contributed by atoms with Gasteiger partial charge in [-0.15, -0.1) is 0 Å². The van der Waals surface area contributed by atoms with Gasteiger partial charge in [0.1, 0.15) is 4.49 Å². The van der Waals surface area contributed by atoms with Gasteiger partial charge in [-0.25, -0.2) is 17.6 Å². The van der Waals surface area contributed by atoms with Gasteiger partial charge in [-0.1, -0.05) is 37.0 Å². The Morgan fingerprint density at radius 2 is 1.70 bits per heavy atom. The van der Waals surface area contributed by atoms with Crippen LogP contribution in [0.2, 0.25) is 0 Å². The molecule has 0 aromatic heterocycles. The van der Waals surface area contributed by atoms with Crippen molar-refractivity contribution < 1.29 is 27.5 Å². The predicted molar refractivity (Wildman–Crippen MR) is 77.1 cm³/mol. The number of carbonyl (C=O) groups is 1. The summed E-state index contributed by atoms with van der Waals surface area (Å²) in [6.07, 6.45) is 0.520. The van der Waals surface area contributed by atoms with Gasteiger partial charge < -0.3 is 5.11 Å². The topological polar surface area (TPSA) is 37.3 Å². The van der Waals surface area contributed by atoms with Crippen molar-refractivity contribution in [2.45, 2.75) is 20.3 Å². The van der Waals surface area contributed by atoms with Crippen LogP contribution < -0.4 is 0 Å².